The van der Waals surface area contributed by atoms with Crippen molar-refractivity contribution in [2.45, 2.75) is 25.2 Å². The summed E-state index contributed by atoms with van der Waals surface area (Å²) in [6, 6.07) is 4.60. The van der Waals surface area contributed by atoms with Gasteiger partial charge in [0.1, 0.15) is 9.90 Å². The summed E-state index contributed by atoms with van der Waals surface area (Å²) < 4.78 is 27.6. The van der Waals surface area contributed by atoms with Gasteiger partial charge in [-0.25, -0.2) is 8.42 Å². The molecule has 0 spiro atoms. The minimum atomic E-state index is -3.75. The molecule has 0 atom stereocenters. The van der Waals surface area contributed by atoms with Crippen LogP contribution in [0.3, 0.4) is 0 Å². The zero-order valence-electron chi connectivity index (χ0n) is 11.5. The van der Waals surface area contributed by atoms with E-state index in [-0.39, 0.29) is 10.0 Å². The molecule has 0 saturated carbocycles. The Kier molecular flexibility index (Phi) is 4.84. The fraction of sp³-hybridized carbons (Fsp3) is 0.333. The minimum absolute atomic E-state index is 0.0723. The standard InChI is InChI=1S/C12H15BrN4O2S2/c1-7(2)5-11-15-16-12(20-11)17-21(18,19)10-6-8(14)3-4-9(10)13/h3-4,6-7H,5,14H2,1-2H3,(H,16,17). The van der Waals surface area contributed by atoms with E-state index >= 15 is 0 Å². The molecule has 0 unspecified atom stereocenters. The smallest absolute Gasteiger partial charge is 0.264 e. The van der Waals surface area contributed by atoms with Crippen LogP contribution >= 0.6 is 27.3 Å². The first-order valence-electron chi connectivity index (χ1n) is 6.18. The maximum Gasteiger partial charge on any atom is 0.264 e. The summed E-state index contributed by atoms with van der Waals surface area (Å²) in [5.41, 5.74) is 6.01. The fourth-order valence-electron chi connectivity index (χ4n) is 1.62. The number of nitrogens with one attached hydrogen (secondary N) is 1. The molecule has 0 aliphatic carbocycles. The Morgan fingerprint density at radius 3 is 2.76 bits per heavy atom. The molecule has 2 rings (SSSR count). The van der Waals surface area contributed by atoms with Crippen molar-refractivity contribution in [3.63, 3.8) is 0 Å². The van der Waals surface area contributed by atoms with Gasteiger partial charge in [0, 0.05) is 16.6 Å². The Labute approximate surface area is 136 Å². The third-order valence-electron chi connectivity index (χ3n) is 2.52. The Hall–Kier alpha value is -1.19. The van der Waals surface area contributed by atoms with Crippen LogP contribution in [0, 0.1) is 5.92 Å². The zero-order chi connectivity index (χ0) is 15.6. The van der Waals surface area contributed by atoms with Crippen molar-refractivity contribution >= 4 is 48.1 Å². The second-order valence-electron chi connectivity index (χ2n) is 4.89. The van der Waals surface area contributed by atoms with Gasteiger partial charge in [0.25, 0.3) is 10.0 Å². The lowest BCUT2D eigenvalue weighted by molar-refractivity contribution is 0.600. The summed E-state index contributed by atoms with van der Waals surface area (Å²) in [5.74, 6) is 0.436. The Morgan fingerprint density at radius 2 is 2.10 bits per heavy atom. The molecule has 0 aliphatic heterocycles. The maximum atomic E-state index is 12.3. The number of nitrogens with zero attached hydrogens (tertiary/aromatic N) is 2. The van der Waals surface area contributed by atoms with E-state index in [1.165, 1.54) is 17.4 Å². The predicted molar refractivity (Wildman–Crippen MR) is 87.8 cm³/mol. The van der Waals surface area contributed by atoms with Gasteiger partial charge in [0.2, 0.25) is 5.13 Å². The summed E-state index contributed by atoms with van der Waals surface area (Å²) in [6.45, 7) is 4.13. The van der Waals surface area contributed by atoms with E-state index in [4.69, 9.17) is 5.73 Å². The largest absolute Gasteiger partial charge is 0.399 e. The quantitative estimate of drug-likeness (QED) is 0.764. The van der Waals surface area contributed by atoms with Gasteiger partial charge in [-0.3, -0.25) is 4.72 Å². The van der Waals surface area contributed by atoms with Crippen molar-refractivity contribution in [2.75, 3.05) is 10.5 Å². The van der Waals surface area contributed by atoms with Crippen molar-refractivity contribution in [1.29, 1.82) is 0 Å². The highest BCUT2D eigenvalue weighted by Gasteiger charge is 2.20. The van der Waals surface area contributed by atoms with Crippen molar-refractivity contribution in [3.8, 4) is 0 Å². The number of nitrogens with two attached hydrogens (primary N) is 1. The number of halogens is 1. The third-order valence-corrected chi connectivity index (χ3v) is 5.84. The molecule has 2 aromatic rings. The number of nitrogen functional groups attached to an aromatic ring is 1. The van der Waals surface area contributed by atoms with Crippen molar-refractivity contribution in [2.24, 2.45) is 5.92 Å². The number of benzene rings is 1. The van der Waals surface area contributed by atoms with E-state index in [9.17, 15) is 8.42 Å². The molecule has 9 heteroatoms. The van der Waals surface area contributed by atoms with Gasteiger partial charge in [-0.1, -0.05) is 25.2 Å². The second-order valence-corrected chi connectivity index (χ2v) is 8.46. The van der Waals surface area contributed by atoms with E-state index in [1.807, 2.05) is 0 Å². The first-order chi connectivity index (χ1) is 9.78. The van der Waals surface area contributed by atoms with Gasteiger partial charge in [-0.15, -0.1) is 10.2 Å². The average Bonchev–Trinajstić information content (AvgIpc) is 2.77. The van der Waals surface area contributed by atoms with E-state index in [0.717, 1.165) is 11.4 Å². The molecule has 1 heterocycles. The Bertz CT molecular complexity index is 743. The molecule has 1 aromatic carbocycles. The number of sulfonamides is 1. The van der Waals surface area contributed by atoms with Crippen LogP contribution in [-0.4, -0.2) is 18.6 Å². The van der Waals surface area contributed by atoms with Crippen molar-refractivity contribution in [1.82, 2.24) is 10.2 Å². The molecule has 21 heavy (non-hydrogen) atoms. The molecule has 0 saturated heterocycles. The van der Waals surface area contributed by atoms with Gasteiger partial charge in [0.05, 0.1) is 0 Å². The highest BCUT2D eigenvalue weighted by atomic mass is 79.9. The predicted octanol–water partition coefficient (Wildman–Crippen LogP) is 2.88. The van der Waals surface area contributed by atoms with Crippen molar-refractivity contribution < 1.29 is 8.42 Å². The van der Waals surface area contributed by atoms with Crippen LogP contribution in [0.5, 0.6) is 0 Å². The molecule has 114 valence electrons. The van der Waals surface area contributed by atoms with Gasteiger partial charge < -0.3 is 5.73 Å². The molecular formula is C12H15BrN4O2S2. The molecular weight excluding hydrogens is 376 g/mol. The first kappa shape index (κ1) is 16.2. The van der Waals surface area contributed by atoms with Crippen LogP contribution in [0.2, 0.25) is 0 Å². The fourth-order valence-corrected chi connectivity index (χ4v) is 4.80. The number of hydrogen-bond donors (Lipinski definition) is 2. The normalized spacial score (nSPS) is 11.8. The lowest BCUT2D eigenvalue weighted by Gasteiger charge is -2.07. The van der Waals surface area contributed by atoms with E-state index < -0.39 is 10.0 Å². The SMILES string of the molecule is CC(C)Cc1nnc(NS(=O)(=O)c2cc(N)ccc2Br)s1. The third kappa shape index (κ3) is 4.14. The average molecular weight is 391 g/mol. The monoisotopic (exact) mass is 390 g/mol. The van der Waals surface area contributed by atoms with Crippen molar-refractivity contribution in [3.05, 3.63) is 27.7 Å². The van der Waals surface area contributed by atoms with Gasteiger partial charge in [0.15, 0.2) is 0 Å². The molecule has 1 aromatic heterocycles. The van der Waals surface area contributed by atoms with Gasteiger partial charge in [-0.2, -0.15) is 0 Å². The van der Waals surface area contributed by atoms with Crippen LogP contribution in [0.25, 0.3) is 0 Å². The molecule has 3 N–H and O–H groups in total. The van der Waals surface area contributed by atoms with Crippen LogP contribution in [0.1, 0.15) is 18.9 Å². The Balaban J connectivity index is 2.25. The summed E-state index contributed by atoms with van der Waals surface area (Å²) in [4.78, 5) is 0.0723. The topological polar surface area (TPSA) is 98.0 Å². The highest BCUT2D eigenvalue weighted by molar-refractivity contribution is 9.10. The summed E-state index contributed by atoms with van der Waals surface area (Å²) in [7, 11) is -3.75. The second kappa shape index (κ2) is 6.29. The lowest BCUT2D eigenvalue weighted by Crippen LogP contribution is -2.13. The van der Waals surface area contributed by atoms with E-state index in [1.54, 1.807) is 12.1 Å². The molecule has 0 radical (unpaired) electrons. The number of rotatable bonds is 5. The molecule has 0 aliphatic rings. The number of anilines is 2. The Morgan fingerprint density at radius 1 is 1.38 bits per heavy atom. The van der Waals surface area contributed by atoms with Gasteiger partial charge in [-0.05, 0) is 40.0 Å². The number of hydrogen-bond acceptors (Lipinski definition) is 6. The van der Waals surface area contributed by atoms with E-state index in [2.05, 4.69) is 44.7 Å². The maximum absolute atomic E-state index is 12.3. The lowest BCUT2D eigenvalue weighted by atomic mass is 10.1. The van der Waals surface area contributed by atoms with Gasteiger partial charge >= 0.3 is 0 Å². The van der Waals surface area contributed by atoms with Crippen LogP contribution in [-0.2, 0) is 16.4 Å². The molecule has 6 nitrogen and oxygen atoms in total. The first-order valence-corrected chi connectivity index (χ1v) is 9.27. The zero-order valence-corrected chi connectivity index (χ0v) is 14.7. The molecule has 0 bridgehead atoms. The van der Waals surface area contributed by atoms with Crippen LogP contribution in [0.4, 0.5) is 10.8 Å². The summed E-state index contributed by atoms with van der Waals surface area (Å²) in [5, 5.41) is 8.89. The molecule has 0 fully saturated rings. The summed E-state index contributed by atoms with van der Waals surface area (Å²) in [6.07, 6.45) is 0.765. The summed E-state index contributed by atoms with van der Waals surface area (Å²) >= 11 is 4.44. The minimum Gasteiger partial charge on any atom is -0.399 e. The highest BCUT2D eigenvalue weighted by Crippen LogP contribution is 2.27. The number of aromatic nitrogens is 2. The van der Waals surface area contributed by atoms with Crippen LogP contribution in [0.15, 0.2) is 27.6 Å². The van der Waals surface area contributed by atoms with E-state index in [0.29, 0.717) is 16.1 Å². The molecule has 0 amide bonds. The van der Waals surface area contributed by atoms with Crippen LogP contribution < -0.4 is 10.5 Å².